The molecule has 2 N–H and O–H groups in total. The van der Waals surface area contributed by atoms with E-state index in [0.29, 0.717) is 47.4 Å². The van der Waals surface area contributed by atoms with Crippen molar-refractivity contribution in [3.05, 3.63) is 76.1 Å². The summed E-state index contributed by atoms with van der Waals surface area (Å²) < 4.78 is 41.9. The van der Waals surface area contributed by atoms with E-state index in [-0.39, 0.29) is 25.8 Å². The first-order chi connectivity index (χ1) is 18.5. The Morgan fingerprint density at radius 2 is 1.82 bits per heavy atom. The Hall–Kier alpha value is -3.43. The van der Waals surface area contributed by atoms with Crippen LogP contribution in [0.5, 0.6) is 11.5 Å². The Bertz CT molecular complexity index is 1410. The second-order valence-corrected chi connectivity index (χ2v) is 11.3. The van der Waals surface area contributed by atoms with Crippen molar-refractivity contribution in [1.82, 2.24) is 9.97 Å². The Labute approximate surface area is 233 Å². The number of sulfonamides is 1. The minimum Gasteiger partial charge on any atom is -0.488 e. The van der Waals surface area contributed by atoms with E-state index >= 15 is 0 Å². The third kappa shape index (κ3) is 8.80. The lowest BCUT2D eigenvalue weighted by molar-refractivity contribution is 0.0882. The molecule has 0 amide bonds. The topological polar surface area (TPSA) is 144 Å². The molecule has 208 valence electrons. The standard InChI is InChI=1S/C27H31ClN4O6S/c1-27(2,21-15-19(17-29)25(24(28)16-21)37-14-13-36-12-4-11-33)20-5-7-23(8-6-20)38-18-22-9-10-30-26(31-22)32-39(3,34)35/h5-10,15-16,33H,4,11-14,18H2,1-3H3,(H,30,31,32). The van der Waals surface area contributed by atoms with E-state index in [1.807, 2.05) is 38.1 Å². The van der Waals surface area contributed by atoms with E-state index in [1.165, 1.54) is 6.20 Å². The Morgan fingerprint density at radius 1 is 1.08 bits per heavy atom. The molecule has 0 saturated heterocycles. The molecule has 39 heavy (non-hydrogen) atoms. The average Bonchev–Trinajstić information content (AvgIpc) is 2.89. The SMILES string of the molecule is CC(C)(c1ccc(OCc2ccnc(NS(C)(=O)=O)n2)cc1)c1cc(Cl)c(OCCOCCCO)c(C#N)c1. The summed E-state index contributed by atoms with van der Waals surface area (Å²) in [5, 5.41) is 18.9. The minimum atomic E-state index is -3.48. The molecule has 0 spiro atoms. The van der Waals surface area contributed by atoms with Gasteiger partial charge in [-0.05, 0) is 47.9 Å². The number of halogens is 1. The van der Waals surface area contributed by atoms with Gasteiger partial charge in [0.2, 0.25) is 16.0 Å². The smallest absolute Gasteiger partial charge is 0.236 e. The van der Waals surface area contributed by atoms with Crippen LogP contribution in [0.1, 0.15) is 42.7 Å². The maximum absolute atomic E-state index is 11.4. The van der Waals surface area contributed by atoms with Gasteiger partial charge in [-0.25, -0.2) is 18.4 Å². The van der Waals surface area contributed by atoms with Gasteiger partial charge in [-0.2, -0.15) is 5.26 Å². The fraction of sp³-hybridized carbons (Fsp3) is 0.370. The lowest BCUT2D eigenvalue weighted by Gasteiger charge is -2.27. The lowest BCUT2D eigenvalue weighted by Crippen LogP contribution is -2.19. The summed E-state index contributed by atoms with van der Waals surface area (Å²) in [6.45, 7) is 5.23. The molecule has 0 aliphatic rings. The number of aromatic nitrogens is 2. The molecule has 0 unspecified atom stereocenters. The third-order valence-electron chi connectivity index (χ3n) is 5.76. The van der Waals surface area contributed by atoms with Crippen LogP contribution in [0.15, 0.2) is 48.7 Å². The van der Waals surface area contributed by atoms with Gasteiger partial charge >= 0.3 is 0 Å². The number of anilines is 1. The van der Waals surface area contributed by atoms with Crippen LogP contribution in [-0.4, -0.2) is 56.2 Å². The fourth-order valence-corrected chi connectivity index (χ4v) is 4.34. The van der Waals surface area contributed by atoms with Gasteiger partial charge in [-0.15, -0.1) is 0 Å². The van der Waals surface area contributed by atoms with E-state index < -0.39 is 15.4 Å². The van der Waals surface area contributed by atoms with Crippen molar-refractivity contribution >= 4 is 27.6 Å². The molecule has 12 heteroatoms. The van der Waals surface area contributed by atoms with E-state index in [2.05, 4.69) is 20.8 Å². The van der Waals surface area contributed by atoms with Gasteiger partial charge in [0.25, 0.3) is 0 Å². The van der Waals surface area contributed by atoms with Crippen LogP contribution in [-0.2, 0) is 26.8 Å². The monoisotopic (exact) mass is 574 g/mol. The number of nitrogens with one attached hydrogen (secondary N) is 1. The van der Waals surface area contributed by atoms with Gasteiger partial charge in [-0.3, -0.25) is 4.72 Å². The van der Waals surface area contributed by atoms with Crippen LogP contribution in [0.2, 0.25) is 5.02 Å². The van der Waals surface area contributed by atoms with Crippen LogP contribution >= 0.6 is 11.6 Å². The van der Waals surface area contributed by atoms with Crippen molar-refractivity contribution in [1.29, 1.82) is 5.26 Å². The molecule has 1 aromatic heterocycles. The predicted octanol–water partition coefficient (Wildman–Crippen LogP) is 4.06. The highest BCUT2D eigenvalue weighted by atomic mass is 35.5. The molecule has 0 aliphatic heterocycles. The fourth-order valence-electron chi connectivity index (χ4n) is 3.64. The van der Waals surface area contributed by atoms with E-state index in [9.17, 15) is 13.7 Å². The minimum absolute atomic E-state index is 0.0195. The highest BCUT2D eigenvalue weighted by molar-refractivity contribution is 7.91. The van der Waals surface area contributed by atoms with Gasteiger partial charge in [-0.1, -0.05) is 37.6 Å². The first-order valence-corrected chi connectivity index (χ1v) is 14.4. The molecule has 0 radical (unpaired) electrons. The van der Waals surface area contributed by atoms with E-state index in [0.717, 1.165) is 17.4 Å². The third-order valence-corrected chi connectivity index (χ3v) is 6.59. The predicted molar refractivity (Wildman–Crippen MR) is 148 cm³/mol. The maximum Gasteiger partial charge on any atom is 0.236 e. The number of rotatable bonds is 14. The quantitative estimate of drug-likeness (QED) is 0.272. The zero-order valence-electron chi connectivity index (χ0n) is 22.0. The average molecular weight is 575 g/mol. The van der Waals surface area contributed by atoms with Gasteiger partial charge in [0.15, 0.2) is 5.75 Å². The number of nitriles is 1. The summed E-state index contributed by atoms with van der Waals surface area (Å²) in [7, 11) is -3.48. The van der Waals surface area contributed by atoms with Crippen LogP contribution in [0, 0.1) is 11.3 Å². The summed E-state index contributed by atoms with van der Waals surface area (Å²) >= 11 is 6.52. The highest BCUT2D eigenvalue weighted by Gasteiger charge is 2.26. The lowest BCUT2D eigenvalue weighted by atomic mass is 9.77. The van der Waals surface area contributed by atoms with Gasteiger partial charge in [0, 0.05) is 24.8 Å². The maximum atomic E-state index is 11.4. The zero-order chi connectivity index (χ0) is 28.5. The molecular formula is C27H31ClN4O6S. The van der Waals surface area contributed by atoms with Crippen LogP contribution < -0.4 is 14.2 Å². The number of hydrogen-bond donors (Lipinski definition) is 2. The van der Waals surface area contributed by atoms with Crippen LogP contribution in [0.25, 0.3) is 0 Å². The molecule has 0 aliphatic carbocycles. The number of hydrogen-bond acceptors (Lipinski definition) is 9. The van der Waals surface area contributed by atoms with Crippen molar-refractivity contribution in [2.24, 2.45) is 0 Å². The first-order valence-electron chi connectivity index (χ1n) is 12.1. The van der Waals surface area contributed by atoms with Crippen molar-refractivity contribution in [2.45, 2.75) is 32.3 Å². The second-order valence-electron chi connectivity index (χ2n) is 9.17. The largest absolute Gasteiger partial charge is 0.488 e. The summed E-state index contributed by atoms with van der Waals surface area (Å²) in [6, 6.07) is 14.9. The summed E-state index contributed by atoms with van der Waals surface area (Å²) in [5.74, 6) is 0.897. The summed E-state index contributed by atoms with van der Waals surface area (Å²) in [5.41, 5.74) is 2.17. The molecular weight excluding hydrogens is 544 g/mol. The molecule has 1 heterocycles. The molecule has 2 aromatic carbocycles. The molecule has 10 nitrogen and oxygen atoms in total. The van der Waals surface area contributed by atoms with E-state index in [1.54, 1.807) is 18.2 Å². The Kier molecular flexibility index (Phi) is 10.5. The number of nitrogens with zero attached hydrogens (tertiary/aromatic N) is 3. The molecule has 3 rings (SSSR count). The first kappa shape index (κ1) is 30.1. The van der Waals surface area contributed by atoms with Crippen molar-refractivity contribution in [3.8, 4) is 17.6 Å². The van der Waals surface area contributed by atoms with Gasteiger partial charge in [0.1, 0.15) is 25.0 Å². The number of aliphatic hydroxyl groups is 1. The zero-order valence-corrected chi connectivity index (χ0v) is 23.6. The van der Waals surface area contributed by atoms with Crippen molar-refractivity contribution in [2.75, 3.05) is 37.4 Å². The molecule has 0 bridgehead atoms. The van der Waals surface area contributed by atoms with E-state index in [4.69, 9.17) is 30.9 Å². The van der Waals surface area contributed by atoms with Crippen LogP contribution in [0.3, 0.4) is 0 Å². The number of benzene rings is 2. The Balaban J connectivity index is 1.68. The van der Waals surface area contributed by atoms with Crippen molar-refractivity contribution in [3.63, 3.8) is 0 Å². The molecule has 0 saturated carbocycles. The number of ether oxygens (including phenoxy) is 3. The Morgan fingerprint density at radius 3 is 2.49 bits per heavy atom. The van der Waals surface area contributed by atoms with Gasteiger partial charge in [0.05, 0.1) is 29.1 Å². The van der Waals surface area contributed by atoms with Crippen LogP contribution in [0.4, 0.5) is 5.95 Å². The summed E-state index contributed by atoms with van der Waals surface area (Å²) in [4.78, 5) is 8.04. The second kappa shape index (κ2) is 13.6. The molecule has 0 atom stereocenters. The van der Waals surface area contributed by atoms with Gasteiger partial charge < -0.3 is 19.3 Å². The number of aliphatic hydroxyl groups excluding tert-OH is 1. The highest BCUT2D eigenvalue weighted by Crippen LogP contribution is 2.38. The molecule has 0 fully saturated rings. The normalized spacial score (nSPS) is 11.6. The molecule has 3 aromatic rings. The summed E-state index contributed by atoms with van der Waals surface area (Å²) in [6.07, 6.45) is 3.03. The van der Waals surface area contributed by atoms with Crippen molar-refractivity contribution < 1.29 is 27.7 Å².